The van der Waals surface area contributed by atoms with Gasteiger partial charge >= 0.3 is 6.18 Å². The van der Waals surface area contributed by atoms with Gasteiger partial charge in [-0.25, -0.2) is 0 Å². The molecule has 0 spiro atoms. The van der Waals surface area contributed by atoms with E-state index in [4.69, 9.17) is 4.74 Å². The molecule has 1 aromatic carbocycles. The second-order valence-electron chi connectivity index (χ2n) is 4.21. The van der Waals surface area contributed by atoms with Gasteiger partial charge in [0.2, 0.25) is 0 Å². The molecule has 5 heteroatoms. The van der Waals surface area contributed by atoms with E-state index in [0.717, 1.165) is 24.2 Å². The summed E-state index contributed by atoms with van der Waals surface area (Å²) in [4.78, 5) is 0. The third-order valence-corrected chi connectivity index (χ3v) is 2.77. The highest BCUT2D eigenvalue weighted by atomic mass is 19.4. The third-order valence-electron chi connectivity index (χ3n) is 2.77. The summed E-state index contributed by atoms with van der Waals surface area (Å²) >= 11 is 0. The SMILES string of the molecule is CC1CNCC(c2ccc(C(F)(F)F)cc2)O1. The van der Waals surface area contributed by atoms with Crippen LogP contribution in [0, 0.1) is 0 Å². The van der Waals surface area contributed by atoms with E-state index in [9.17, 15) is 13.2 Å². The molecule has 17 heavy (non-hydrogen) atoms. The molecular formula is C12H14F3NO. The summed E-state index contributed by atoms with van der Waals surface area (Å²) in [5, 5.41) is 3.18. The second-order valence-corrected chi connectivity index (χ2v) is 4.21. The number of alkyl halides is 3. The summed E-state index contributed by atoms with van der Waals surface area (Å²) in [6, 6.07) is 5.15. The summed E-state index contributed by atoms with van der Waals surface area (Å²) in [5.74, 6) is 0. The van der Waals surface area contributed by atoms with E-state index in [1.54, 1.807) is 0 Å². The number of hydrogen-bond acceptors (Lipinski definition) is 2. The van der Waals surface area contributed by atoms with Crippen LogP contribution in [0.25, 0.3) is 0 Å². The monoisotopic (exact) mass is 245 g/mol. The van der Waals surface area contributed by atoms with Crippen LogP contribution in [0.2, 0.25) is 0 Å². The number of hydrogen-bond donors (Lipinski definition) is 1. The van der Waals surface area contributed by atoms with Crippen molar-refractivity contribution in [2.24, 2.45) is 0 Å². The van der Waals surface area contributed by atoms with Gasteiger partial charge in [-0.2, -0.15) is 13.2 Å². The van der Waals surface area contributed by atoms with Gasteiger partial charge in [0.15, 0.2) is 0 Å². The van der Waals surface area contributed by atoms with E-state index in [0.29, 0.717) is 6.54 Å². The summed E-state index contributed by atoms with van der Waals surface area (Å²) in [5.41, 5.74) is 0.148. The van der Waals surface area contributed by atoms with Gasteiger partial charge in [0.1, 0.15) is 0 Å². The van der Waals surface area contributed by atoms with Crippen LogP contribution in [0.1, 0.15) is 24.2 Å². The lowest BCUT2D eigenvalue weighted by Gasteiger charge is -2.29. The Balaban J connectivity index is 2.12. The average Bonchev–Trinajstić information content (AvgIpc) is 2.28. The van der Waals surface area contributed by atoms with Crippen molar-refractivity contribution in [2.45, 2.75) is 25.3 Å². The molecule has 0 saturated carbocycles. The summed E-state index contributed by atoms with van der Waals surface area (Å²) < 4.78 is 42.8. The van der Waals surface area contributed by atoms with Crippen molar-refractivity contribution >= 4 is 0 Å². The zero-order valence-electron chi connectivity index (χ0n) is 9.42. The summed E-state index contributed by atoms with van der Waals surface area (Å²) in [7, 11) is 0. The van der Waals surface area contributed by atoms with Gasteiger partial charge in [-0.15, -0.1) is 0 Å². The Morgan fingerprint density at radius 2 is 1.82 bits per heavy atom. The Labute approximate surface area is 97.8 Å². The zero-order chi connectivity index (χ0) is 12.5. The van der Waals surface area contributed by atoms with Gasteiger partial charge in [-0.05, 0) is 24.6 Å². The van der Waals surface area contributed by atoms with Crippen molar-refractivity contribution in [2.75, 3.05) is 13.1 Å². The molecule has 1 aromatic rings. The van der Waals surface area contributed by atoms with Crippen LogP contribution in [0.5, 0.6) is 0 Å². The molecule has 0 amide bonds. The van der Waals surface area contributed by atoms with Crippen molar-refractivity contribution in [3.63, 3.8) is 0 Å². The van der Waals surface area contributed by atoms with Crippen LogP contribution in [0.4, 0.5) is 13.2 Å². The molecule has 0 bridgehead atoms. The predicted octanol–water partition coefficient (Wildman–Crippen LogP) is 2.75. The van der Waals surface area contributed by atoms with Crippen molar-refractivity contribution in [3.05, 3.63) is 35.4 Å². The van der Waals surface area contributed by atoms with Gasteiger partial charge < -0.3 is 10.1 Å². The Hall–Kier alpha value is -1.07. The standard InChI is InChI=1S/C12H14F3NO/c1-8-6-16-7-11(17-8)9-2-4-10(5-3-9)12(13,14)15/h2-5,8,11,16H,6-7H2,1H3. The van der Waals surface area contributed by atoms with Crippen LogP contribution in [-0.4, -0.2) is 19.2 Å². The van der Waals surface area contributed by atoms with Gasteiger partial charge in [-0.3, -0.25) is 0 Å². The van der Waals surface area contributed by atoms with Crippen LogP contribution in [0.3, 0.4) is 0 Å². The van der Waals surface area contributed by atoms with Crippen molar-refractivity contribution in [1.82, 2.24) is 5.32 Å². The normalized spacial score (nSPS) is 25.9. The maximum Gasteiger partial charge on any atom is 0.416 e. The quantitative estimate of drug-likeness (QED) is 0.821. The fourth-order valence-electron chi connectivity index (χ4n) is 1.88. The smallest absolute Gasteiger partial charge is 0.368 e. The molecule has 1 N–H and O–H groups in total. The van der Waals surface area contributed by atoms with E-state index in [1.165, 1.54) is 12.1 Å². The number of halogens is 3. The van der Waals surface area contributed by atoms with Gasteiger partial charge in [0, 0.05) is 13.1 Å². The van der Waals surface area contributed by atoms with E-state index < -0.39 is 11.7 Å². The molecule has 2 unspecified atom stereocenters. The first-order chi connectivity index (χ1) is 7.97. The molecule has 1 fully saturated rings. The highest BCUT2D eigenvalue weighted by Gasteiger charge is 2.30. The van der Waals surface area contributed by atoms with Crippen molar-refractivity contribution in [1.29, 1.82) is 0 Å². The lowest BCUT2D eigenvalue weighted by molar-refractivity contribution is -0.137. The van der Waals surface area contributed by atoms with Crippen molar-refractivity contribution < 1.29 is 17.9 Å². The molecule has 2 atom stereocenters. The second kappa shape index (κ2) is 4.66. The minimum atomic E-state index is -4.28. The number of morpholine rings is 1. The van der Waals surface area contributed by atoms with Crippen LogP contribution in [0.15, 0.2) is 24.3 Å². The van der Waals surface area contributed by atoms with Gasteiger partial charge in [0.25, 0.3) is 0 Å². The largest absolute Gasteiger partial charge is 0.416 e. The minimum absolute atomic E-state index is 0.0797. The molecule has 1 aliphatic heterocycles. The van der Waals surface area contributed by atoms with Crippen molar-refractivity contribution in [3.8, 4) is 0 Å². The van der Waals surface area contributed by atoms with E-state index in [2.05, 4.69) is 5.32 Å². The first kappa shape index (κ1) is 12.4. The first-order valence-electron chi connectivity index (χ1n) is 5.50. The fourth-order valence-corrected chi connectivity index (χ4v) is 1.88. The van der Waals surface area contributed by atoms with E-state index in [-0.39, 0.29) is 12.2 Å². The lowest BCUT2D eigenvalue weighted by atomic mass is 10.1. The molecule has 1 saturated heterocycles. The maximum absolute atomic E-state index is 12.4. The Bertz CT molecular complexity index is 374. The van der Waals surface area contributed by atoms with Gasteiger partial charge in [0.05, 0.1) is 17.8 Å². The summed E-state index contributed by atoms with van der Waals surface area (Å²) in [6.07, 6.45) is -4.37. The molecule has 2 nitrogen and oxygen atoms in total. The van der Waals surface area contributed by atoms with E-state index >= 15 is 0 Å². The van der Waals surface area contributed by atoms with Gasteiger partial charge in [-0.1, -0.05) is 12.1 Å². The Morgan fingerprint density at radius 3 is 2.35 bits per heavy atom. The molecule has 94 valence electrons. The highest BCUT2D eigenvalue weighted by molar-refractivity contribution is 5.26. The van der Waals surface area contributed by atoms with Crippen LogP contribution < -0.4 is 5.32 Å². The molecule has 0 aromatic heterocycles. The fraction of sp³-hybridized carbons (Fsp3) is 0.500. The Morgan fingerprint density at radius 1 is 1.18 bits per heavy atom. The van der Waals surface area contributed by atoms with E-state index in [1.807, 2.05) is 6.92 Å². The highest BCUT2D eigenvalue weighted by Crippen LogP contribution is 2.30. The first-order valence-corrected chi connectivity index (χ1v) is 5.50. The molecule has 0 aliphatic carbocycles. The number of benzene rings is 1. The third kappa shape index (κ3) is 2.98. The average molecular weight is 245 g/mol. The molecule has 1 aliphatic rings. The Kier molecular flexibility index (Phi) is 3.40. The van der Waals surface area contributed by atoms with Crippen LogP contribution in [-0.2, 0) is 10.9 Å². The minimum Gasteiger partial charge on any atom is -0.368 e. The topological polar surface area (TPSA) is 21.3 Å². The molecule has 0 radical (unpaired) electrons. The zero-order valence-corrected chi connectivity index (χ0v) is 9.42. The van der Waals surface area contributed by atoms with Crippen LogP contribution >= 0.6 is 0 Å². The molecule has 1 heterocycles. The summed E-state index contributed by atoms with van der Waals surface area (Å²) in [6.45, 7) is 3.34. The lowest BCUT2D eigenvalue weighted by Crippen LogP contribution is -2.38. The molecular weight excluding hydrogens is 231 g/mol. The number of rotatable bonds is 1. The number of nitrogens with one attached hydrogen (secondary N) is 1. The molecule has 2 rings (SSSR count). The number of ether oxygens (including phenoxy) is 1. The maximum atomic E-state index is 12.4. The predicted molar refractivity (Wildman–Crippen MR) is 57.6 cm³/mol.